The molecule has 7 nitrogen and oxygen atoms in total. The number of carboxylic acid groups (broad SMARTS) is 1. The molecule has 21 heavy (non-hydrogen) atoms. The molecular weight excluding hydrogens is 412 g/mol. The molecule has 0 aliphatic rings. The van der Waals surface area contributed by atoms with Gasteiger partial charge in [0.15, 0.2) is 0 Å². The Labute approximate surface area is 135 Å². The molecule has 0 aliphatic carbocycles. The molecule has 1 heterocycles. The number of ether oxygens (including phenoxy) is 1. The summed E-state index contributed by atoms with van der Waals surface area (Å²) in [5.74, 6) is -1.26. The molecule has 0 fully saturated rings. The summed E-state index contributed by atoms with van der Waals surface area (Å²) in [7, 11) is 0. The van der Waals surface area contributed by atoms with Crippen LogP contribution in [0.2, 0.25) is 0 Å². The first-order valence-corrected chi connectivity index (χ1v) is 6.97. The van der Waals surface area contributed by atoms with Gasteiger partial charge in [0.25, 0.3) is 5.69 Å². The van der Waals surface area contributed by atoms with Gasteiger partial charge < -0.3 is 9.84 Å². The Kier molecular flexibility index (Phi) is 4.53. The van der Waals surface area contributed by atoms with Crippen molar-refractivity contribution in [3.05, 3.63) is 55.1 Å². The smallest absolute Gasteiger partial charge is 0.341 e. The molecule has 0 saturated carbocycles. The van der Waals surface area contributed by atoms with Crippen LogP contribution in [0.5, 0.6) is 11.6 Å². The lowest BCUT2D eigenvalue weighted by Crippen LogP contribution is -2.04. The quantitative estimate of drug-likeness (QED) is 0.595. The van der Waals surface area contributed by atoms with Gasteiger partial charge in [-0.2, -0.15) is 0 Å². The van der Waals surface area contributed by atoms with Crippen molar-refractivity contribution in [3.63, 3.8) is 0 Å². The number of halogens is 2. The van der Waals surface area contributed by atoms with Gasteiger partial charge in [-0.15, -0.1) is 0 Å². The van der Waals surface area contributed by atoms with Crippen LogP contribution in [0.3, 0.4) is 0 Å². The fourth-order valence-electron chi connectivity index (χ4n) is 1.44. The van der Waals surface area contributed by atoms with Crippen LogP contribution in [-0.4, -0.2) is 21.0 Å². The summed E-state index contributed by atoms with van der Waals surface area (Å²) in [6.07, 6.45) is 0.939. The Morgan fingerprint density at radius 3 is 2.62 bits per heavy atom. The maximum absolute atomic E-state index is 11.2. The predicted molar refractivity (Wildman–Crippen MR) is 79.8 cm³/mol. The fraction of sp³-hybridized carbons (Fsp3) is 0. The third kappa shape index (κ3) is 3.56. The monoisotopic (exact) mass is 416 g/mol. The van der Waals surface area contributed by atoms with Crippen molar-refractivity contribution >= 4 is 43.5 Å². The van der Waals surface area contributed by atoms with Crippen molar-refractivity contribution in [1.82, 2.24) is 4.98 Å². The number of benzene rings is 1. The highest BCUT2D eigenvalue weighted by Crippen LogP contribution is 2.33. The zero-order valence-corrected chi connectivity index (χ0v) is 13.3. The van der Waals surface area contributed by atoms with Crippen LogP contribution in [0.1, 0.15) is 10.4 Å². The average molecular weight is 418 g/mol. The second-order valence-electron chi connectivity index (χ2n) is 3.79. The van der Waals surface area contributed by atoms with Gasteiger partial charge in [0.2, 0.25) is 5.88 Å². The number of nitrogens with zero attached hydrogens (tertiary/aromatic N) is 2. The van der Waals surface area contributed by atoms with E-state index in [1.165, 1.54) is 0 Å². The van der Waals surface area contributed by atoms with Crippen LogP contribution in [-0.2, 0) is 0 Å². The van der Waals surface area contributed by atoms with Gasteiger partial charge in [-0.25, -0.2) is 9.78 Å². The Morgan fingerprint density at radius 1 is 1.33 bits per heavy atom. The molecule has 0 bridgehead atoms. The number of carboxylic acids is 1. The van der Waals surface area contributed by atoms with E-state index in [2.05, 4.69) is 36.8 Å². The Bertz CT molecular complexity index is 736. The second kappa shape index (κ2) is 6.19. The molecule has 2 rings (SSSR count). The highest BCUT2D eigenvalue weighted by Gasteiger charge is 2.19. The third-order valence-corrected chi connectivity index (χ3v) is 3.49. The van der Waals surface area contributed by atoms with E-state index in [0.29, 0.717) is 10.2 Å². The van der Waals surface area contributed by atoms with Gasteiger partial charge in [0, 0.05) is 10.5 Å². The van der Waals surface area contributed by atoms with Crippen LogP contribution in [0.4, 0.5) is 5.69 Å². The number of hydrogen-bond acceptors (Lipinski definition) is 5. The van der Waals surface area contributed by atoms with Gasteiger partial charge in [-0.3, -0.25) is 10.1 Å². The van der Waals surface area contributed by atoms with Crippen molar-refractivity contribution in [2.75, 3.05) is 0 Å². The average Bonchev–Trinajstić information content (AvgIpc) is 2.41. The first-order chi connectivity index (χ1) is 9.88. The zero-order valence-electron chi connectivity index (χ0n) is 10.1. The van der Waals surface area contributed by atoms with Crippen LogP contribution in [0, 0.1) is 10.1 Å². The molecule has 0 spiro atoms. The minimum atomic E-state index is -1.37. The van der Waals surface area contributed by atoms with E-state index >= 15 is 0 Å². The van der Waals surface area contributed by atoms with Crippen molar-refractivity contribution < 1.29 is 19.6 Å². The number of carbonyl (C=O) groups is 1. The van der Waals surface area contributed by atoms with E-state index in [4.69, 9.17) is 9.84 Å². The van der Waals surface area contributed by atoms with Crippen molar-refractivity contribution in [3.8, 4) is 11.6 Å². The third-order valence-electron chi connectivity index (χ3n) is 2.38. The molecule has 0 aliphatic heterocycles. The molecule has 2 aromatic rings. The van der Waals surface area contributed by atoms with Crippen LogP contribution in [0.15, 0.2) is 39.4 Å². The first-order valence-electron chi connectivity index (χ1n) is 5.39. The molecule has 9 heteroatoms. The normalized spacial score (nSPS) is 10.2. The second-order valence-corrected chi connectivity index (χ2v) is 5.56. The minimum absolute atomic E-state index is 0.226. The minimum Gasteiger partial charge on any atom is -0.477 e. The number of pyridine rings is 1. The highest BCUT2D eigenvalue weighted by molar-refractivity contribution is 9.11. The number of aromatic carboxylic acids is 1. The maximum Gasteiger partial charge on any atom is 0.341 e. The molecule has 108 valence electrons. The lowest BCUT2D eigenvalue weighted by molar-refractivity contribution is -0.385. The largest absolute Gasteiger partial charge is 0.477 e. The van der Waals surface area contributed by atoms with Crippen molar-refractivity contribution in [1.29, 1.82) is 0 Å². The summed E-state index contributed by atoms with van der Waals surface area (Å²) in [6, 6.07) is 5.91. The SMILES string of the molecule is O=C(O)c1cc([N+](=O)[O-])cnc1Oc1ccc(Br)cc1Br. The summed E-state index contributed by atoms with van der Waals surface area (Å²) in [4.78, 5) is 24.8. The van der Waals surface area contributed by atoms with E-state index in [-0.39, 0.29) is 11.4 Å². The van der Waals surface area contributed by atoms with Gasteiger partial charge in [-0.1, -0.05) is 15.9 Å². The standard InChI is InChI=1S/C12H6Br2N2O5/c13-6-1-2-10(9(14)3-6)21-11-8(12(17)18)4-7(5-15-11)16(19)20/h1-5H,(H,17,18). The summed E-state index contributed by atoms with van der Waals surface area (Å²) in [5, 5.41) is 19.8. The molecule has 0 unspecified atom stereocenters. The highest BCUT2D eigenvalue weighted by atomic mass is 79.9. The summed E-state index contributed by atoms with van der Waals surface area (Å²) >= 11 is 6.54. The topological polar surface area (TPSA) is 103 Å². The van der Waals surface area contributed by atoms with Crippen LogP contribution < -0.4 is 4.74 Å². The summed E-state index contributed by atoms with van der Waals surface area (Å²) < 4.78 is 6.79. The molecule has 0 saturated heterocycles. The summed E-state index contributed by atoms with van der Waals surface area (Å²) in [5.41, 5.74) is -0.811. The van der Waals surface area contributed by atoms with E-state index in [9.17, 15) is 14.9 Å². The van der Waals surface area contributed by atoms with Gasteiger partial charge >= 0.3 is 5.97 Å². The lowest BCUT2D eigenvalue weighted by atomic mass is 10.2. The van der Waals surface area contributed by atoms with Crippen molar-refractivity contribution in [2.45, 2.75) is 0 Å². The Morgan fingerprint density at radius 2 is 2.05 bits per heavy atom. The lowest BCUT2D eigenvalue weighted by Gasteiger charge is -2.09. The fourth-order valence-corrected chi connectivity index (χ4v) is 2.57. The first kappa shape index (κ1) is 15.4. The zero-order chi connectivity index (χ0) is 15.6. The van der Waals surface area contributed by atoms with E-state index in [0.717, 1.165) is 16.7 Å². The van der Waals surface area contributed by atoms with Crippen LogP contribution in [0.25, 0.3) is 0 Å². The number of rotatable bonds is 4. The Balaban J connectivity index is 2.44. The molecule has 0 amide bonds. The van der Waals surface area contributed by atoms with Gasteiger partial charge in [0.1, 0.15) is 17.5 Å². The van der Waals surface area contributed by atoms with E-state index in [1.807, 2.05) is 0 Å². The molecule has 1 aromatic carbocycles. The molecule has 0 atom stereocenters. The predicted octanol–water partition coefficient (Wildman–Crippen LogP) is 4.01. The molecule has 1 N–H and O–H groups in total. The van der Waals surface area contributed by atoms with E-state index < -0.39 is 16.6 Å². The summed E-state index contributed by atoms with van der Waals surface area (Å²) in [6.45, 7) is 0. The van der Waals surface area contributed by atoms with Gasteiger partial charge in [0.05, 0.1) is 9.40 Å². The number of aromatic nitrogens is 1. The molecule has 1 aromatic heterocycles. The Hall–Kier alpha value is -2.00. The number of hydrogen-bond donors (Lipinski definition) is 1. The maximum atomic E-state index is 11.2. The van der Waals surface area contributed by atoms with Crippen molar-refractivity contribution in [2.24, 2.45) is 0 Å². The van der Waals surface area contributed by atoms with Gasteiger partial charge in [-0.05, 0) is 34.1 Å². The molecular formula is C12H6Br2N2O5. The molecule has 0 radical (unpaired) electrons. The van der Waals surface area contributed by atoms with E-state index in [1.54, 1.807) is 18.2 Å². The van der Waals surface area contributed by atoms with Crippen LogP contribution >= 0.6 is 31.9 Å². The number of nitro groups is 1.